The molecule has 0 bridgehead atoms. The number of likely N-dealkylation sites (tertiary alicyclic amines) is 1. The number of nitrogens with zero attached hydrogens (tertiary/aromatic N) is 2. The number of rotatable bonds is 8. The van der Waals surface area contributed by atoms with Crippen molar-refractivity contribution in [2.75, 3.05) is 27.2 Å². The number of carbonyl (C=O) groups is 2. The van der Waals surface area contributed by atoms with Crippen LogP contribution in [0.2, 0.25) is 0 Å². The zero-order chi connectivity index (χ0) is 25.5. The molecule has 0 spiro atoms. The minimum atomic E-state index is -0.306. The van der Waals surface area contributed by atoms with Gasteiger partial charge >= 0.3 is 0 Å². The van der Waals surface area contributed by atoms with Crippen molar-refractivity contribution in [1.29, 1.82) is 0 Å². The Morgan fingerprint density at radius 2 is 1.89 bits per heavy atom. The number of ether oxygens (including phenoxy) is 1. The maximum Gasteiger partial charge on any atom is 0.289 e. The van der Waals surface area contributed by atoms with Gasteiger partial charge in [-0.3, -0.25) is 9.59 Å². The summed E-state index contributed by atoms with van der Waals surface area (Å²) in [6.07, 6.45) is 6.97. The average Bonchev–Trinajstić information content (AvgIpc) is 3.46. The number of carbonyl (C=O) groups excluding carboxylic acids is 2. The summed E-state index contributed by atoms with van der Waals surface area (Å²) in [5, 5.41) is 0. The van der Waals surface area contributed by atoms with Gasteiger partial charge < -0.3 is 19.0 Å². The maximum atomic E-state index is 13.1. The number of piperidine rings is 1. The van der Waals surface area contributed by atoms with Crippen LogP contribution in [0.4, 0.5) is 4.39 Å². The summed E-state index contributed by atoms with van der Waals surface area (Å²) in [5.74, 6) is 0.770. The smallest absolute Gasteiger partial charge is 0.289 e. The van der Waals surface area contributed by atoms with Gasteiger partial charge in [-0.1, -0.05) is 24.3 Å². The fourth-order valence-electron chi connectivity index (χ4n) is 4.74. The molecule has 3 aromatic rings. The Hall–Kier alpha value is -3.87. The van der Waals surface area contributed by atoms with E-state index < -0.39 is 0 Å². The summed E-state index contributed by atoms with van der Waals surface area (Å²) in [6.45, 7) is 1.21. The van der Waals surface area contributed by atoms with Crippen LogP contribution >= 0.6 is 0 Å². The van der Waals surface area contributed by atoms with Gasteiger partial charge in [-0.15, -0.1) is 0 Å². The van der Waals surface area contributed by atoms with Gasteiger partial charge in [-0.2, -0.15) is 0 Å². The lowest BCUT2D eigenvalue weighted by Gasteiger charge is -2.39. The van der Waals surface area contributed by atoms with Crippen molar-refractivity contribution in [1.82, 2.24) is 9.80 Å². The Morgan fingerprint density at radius 3 is 2.56 bits per heavy atom. The summed E-state index contributed by atoms with van der Waals surface area (Å²) in [4.78, 5) is 29.5. The largest absolute Gasteiger partial charge is 0.497 e. The first-order chi connectivity index (χ1) is 17.4. The van der Waals surface area contributed by atoms with Crippen LogP contribution in [-0.2, 0) is 11.2 Å². The Kier molecular flexibility index (Phi) is 8.21. The third kappa shape index (κ3) is 6.22. The minimum Gasteiger partial charge on any atom is -0.497 e. The lowest BCUT2D eigenvalue weighted by atomic mass is 9.84. The Labute approximate surface area is 211 Å². The third-order valence-corrected chi connectivity index (χ3v) is 6.81. The number of amides is 2. The van der Waals surface area contributed by atoms with E-state index in [1.54, 1.807) is 42.4 Å². The minimum absolute atomic E-state index is 0.0675. The van der Waals surface area contributed by atoms with Crippen LogP contribution in [0, 0.1) is 11.7 Å². The molecule has 0 unspecified atom stereocenters. The zero-order valence-corrected chi connectivity index (χ0v) is 20.6. The number of methoxy groups -OCH3 is 1. The van der Waals surface area contributed by atoms with Crippen LogP contribution in [0.15, 0.2) is 77.4 Å². The molecule has 6 nitrogen and oxygen atoms in total. The van der Waals surface area contributed by atoms with Gasteiger partial charge in [-0.25, -0.2) is 4.39 Å². The third-order valence-electron chi connectivity index (χ3n) is 6.81. The fourth-order valence-corrected chi connectivity index (χ4v) is 4.74. The fraction of sp³-hybridized carbons (Fsp3) is 0.310. The lowest BCUT2D eigenvalue weighted by molar-refractivity contribution is -0.127. The van der Waals surface area contributed by atoms with Gasteiger partial charge in [0.2, 0.25) is 5.91 Å². The monoisotopic (exact) mass is 490 g/mol. The average molecular weight is 491 g/mol. The predicted molar refractivity (Wildman–Crippen MR) is 136 cm³/mol. The van der Waals surface area contributed by atoms with Crippen LogP contribution in [0.1, 0.15) is 34.5 Å². The number of hydrogen-bond acceptors (Lipinski definition) is 4. The first kappa shape index (κ1) is 25.2. The zero-order valence-electron chi connectivity index (χ0n) is 20.6. The number of furan rings is 1. The van der Waals surface area contributed by atoms with Crippen molar-refractivity contribution in [3.63, 3.8) is 0 Å². The molecule has 1 saturated heterocycles. The second kappa shape index (κ2) is 11.7. The molecule has 4 rings (SSSR count). The van der Waals surface area contributed by atoms with Gasteiger partial charge in [0, 0.05) is 32.3 Å². The van der Waals surface area contributed by atoms with Crippen molar-refractivity contribution < 1.29 is 23.1 Å². The Bertz CT molecular complexity index is 1180. The highest BCUT2D eigenvalue weighted by Crippen LogP contribution is 2.28. The number of benzene rings is 2. The molecule has 188 valence electrons. The van der Waals surface area contributed by atoms with E-state index in [-0.39, 0.29) is 29.6 Å². The first-order valence-electron chi connectivity index (χ1n) is 12.1. The highest BCUT2D eigenvalue weighted by Gasteiger charge is 2.33. The molecule has 0 radical (unpaired) electrons. The van der Waals surface area contributed by atoms with E-state index in [0.29, 0.717) is 25.3 Å². The number of halogens is 1. The van der Waals surface area contributed by atoms with Crippen LogP contribution in [0.3, 0.4) is 0 Å². The summed E-state index contributed by atoms with van der Waals surface area (Å²) in [6, 6.07) is 17.2. The Morgan fingerprint density at radius 1 is 1.14 bits per heavy atom. The van der Waals surface area contributed by atoms with Crippen molar-refractivity contribution in [3.8, 4) is 5.75 Å². The molecular weight excluding hydrogens is 459 g/mol. The molecule has 0 N–H and O–H groups in total. The highest BCUT2D eigenvalue weighted by molar-refractivity contribution is 5.92. The molecule has 7 heteroatoms. The molecule has 0 aliphatic carbocycles. The van der Waals surface area contributed by atoms with Gasteiger partial charge in [0.25, 0.3) is 5.91 Å². The summed E-state index contributed by atoms with van der Waals surface area (Å²) in [7, 11) is 3.46. The van der Waals surface area contributed by atoms with Gasteiger partial charge in [-0.05, 0) is 78.8 Å². The number of hydrogen-bond donors (Lipinski definition) is 0. The summed E-state index contributed by atoms with van der Waals surface area (Å²) >= 11 is 0. The van der Waals surface area contributed by atoms with E-state index in [9.17, 15) is 14.0 Å². The standard InChI is InChI=1S/C29H31FN2O4/c1-31(29(34)27-7-4-18-36-27)26(20-22-5-3-6-25(19-22)35-2)23-14-16-32(17-15-23)28(33)13-10-21-8-11-24(30)12-9-21/h3-13,18-19,23,26H,14-17,20H2,1-2H3/b13-10+/t26-/m0/s1. The van der Waals surface area contributed by atoms with Crippen molar-refractivity contribution in [2.24, 2.45) is 5.92 Å². The molecule has 2 heterocycles. The molecule has 1 aromatic heterocycles. The van der Waals surface area contributed by atoms with E-state index in [2.05, 4.69) is 0 Å². The molecule has 1 aliphatic heterocycles. The highest BCUT2D eigenvalue weighted by atomic mass is 19.1. The summed E-state index contributed by atoms with van der Waals surface area (Å²) in [5.41, 5.74) is 1.86. The second-order valence-electron chi connectivity index (χ2n) is 9.06. The predicted octanol–water partition coefficient (Wildman–Crippen LogP) is 5.06. The molecule has 1 atom stereocenters. The first-order valence-corrected chi connectivity index (χ1v) is 12.1. The van der Waals surface area contributed by atoms with E-state index >= 15 is 0 Å². The van der Waals surface area contributed by atoms with Gasteiger partial charge in [0.05, 0.1) is 13.4 Å². The molecule has 2 amide bonds. The van der Waals surface area contributed by atoms with E-state index in [1.165, 1.54) is 24.5 Å². The van der Waals surface area contributed by atoms with Crippen molar-refractivity contribution in [3.05, 3.63) is 95.7 Å². The molecule has 2 aromatic carbocycles. The summed E-state index contributed by atoms with van der Waals surface area (Å²) < 4.78 is 23.9. The van der Waals surface area contributed by atoms with Crippen LogP contribution in [0.25, 0.3) is 6.08 Å². The molecule has 1 aliphatic rings. The van der Waals surface area contributed by atoms with E-state index in [4.69, 9.17) is 9.15 Å². The van der Waals surface area contributed by atoms with Gasteiger partial charge in [0.1, 0.15) is 11.6 Å². The lowest BCUT2D eigenvalue weighted by Crippen LogP contribution is -2.48. The maximum absolute atomic E-state index is 13.1. The van der Waals surface area contributed by atoms with E-state index in [0.717, 1.165) is 29.7 Å². The van der Waals surface area contributed by atoms with Crippen LogP contribution in [-0.4, -0.2) is 54.9 Å². The molecule has 1 fully saturated rings. The Balaban J connectivity index is 1.44. The van der Waals surface area contributed by atoms with Gasteiger partial charge in [0.15, 0.2) is 5.76 Å². The topological polar surface area (TPSA) is 63.0 Å². The SMILES string of the molecule is COc1cccc(C[C@@H](C2CCN(C(=O)/C=C/c3ccc(F)cc3)CC2)N(C)C(=O)c2ccco2)c1. The molecular formula is C29H31FN2O4. The van der Waals surface area contributed by atoms with Crippen molar-refractivity contribution >= 4 is 17.9 Å². The van der Waals surface area contributed by atoms with E-state index in [1.807, 2.05) is 36.2 Å². The normalized spacial score (nSPS) is 15.1. The van der Waals surface area contributed by atoms with Crippen LogP contribution in [0.5, 0.6) is 5.75 Å². The quantitative estimate of drug-likeness (QED) is 0.414. The van der Waals surface area contributed by atoms with Crippen molar-refractivity contribution in [2.45, 2.75) is 25.3 Å². The molecule has 36 heavy (non-hydrogen) atoms. The molecule has 0 saturated carbocycles. The second-order valence-corrected chi connectivity index (χ2v) is 9.06. The number of likely N-dealkylation sites (N-methyl/N-ethyl adjacent to an activating group) is 1. The van der Waals surface area contributed by atoms with Crippen LogP contribution < -0.4 is 4.74 Å².